The van der Waals surface area contributed by atoms with Gasteiger partial charge in [0.1, 0.15) is 0 Å². The molecule has 0 spiro atoms. The fourth-order valence-electron chi connectivity index (χ4n) is 2.14. The van der Waals surface area contributed by atoms with E-state index >= 15 is 0 Å². The fourth-order valence-corrected chi connectivity index (χ4v) is 7.46. The van der Waals surface area contributed by atoms with Crippen LogP contribution in [0.4, 0.5) is 8.78 Å². The Morgan fingerprint density at radius 3 is 2.29 bits per heavy atom. The molecule has 2 aromatic carbocycles. The number of rotatable bonds is 6. The van der Waals surface area contributed by atoms with Crippen molar-refractivity contribution in [3.63, 3.8) is 0 Å². The molecule has 1 radical (unpaired) electrons. The number of carbonyl (C=O) groups is 1. The van der Waals surface area contributed by atoms with Crippen molar-refractivity contribution in [2.24, 2.45) is 5.73 Å². The first-order valence-corrected chi connectivity index (χ1v) is 11.8. The molecule has 2 rings (SSSR count). The molecule has 0 saturated carbocycles. The van der Waals surface area contributed by atoms with Gasteiger partial charge in [-0.1, -0.05) is 0 Å². The molecule has 0 aromatic heterocycles. The van der Waals surface area contributed by atoms with Gasteiger partial charge in [-0.05, 0) is 0 Å². The molecule has 0 unspecified atom stereocenters. The first kappa shape index (κ1) is 18.6. The third-order valence-corrected chi connectivity index (χ3v) is 9.40. The van der Waals surface area contributed by atoms with Crippen molar-refractivity contribution >= 4 is 33.0 Å². The van der Waals surface area contributed by atoms with Gasteiger partial charge in [0, 0.05) is 0 Å². The molecule has 24 heavy (non-hydrogen) atoms. The second kappa shape index (κ2) is 7.45. The van der Waals surface area contributed by atoms with Gasteiger partial charge in [-0.15, -0.1) is 0 Å². The molecule has 0 bridgehead atoms. The quantitative estimate of drug-likeness (QED) is 0.732. The molecular formula is C16H15AsF2NO3S. The Bertz CT molecular complexity index is 868. The number of nitrogens with two attached hydrogens (primary N) is 1. The number of halogens is 2. The fraction of sp³-hybridized carbons (Fsp3) is 0.188. The number of hydrogen-bond acceptors (Lipinski definition) is 3. The summed E-state index contributed by atoms with van der Waals surface area (Å²) < 4.78 is 52.4. The van der Waals surface area contributed by atoms with Crippen molar-refractivity contribution in [2.75, 3.05) is 0 Å². The van der Waals surface area contributed by atoms with Crippen molar-refractivity contribution < 1.29 is 22.0 Å². The summed E-state index contributed by atoms with van der Waals surface area (Å²) in [5.41, 5.74) is 5.05. The van der Waals surface area contributed by atoms with E-state index in [0.29, 0.717) is 0 Å². The van der Waals surface area contributed by atoms with Crippen LogP contribution in [0.15, 0.2) is 41.3 Å². The number of amides is 1. The molecule has 127 valence electrons. The normalized spacial score (nSPS) is 12.0. The van der Waals surface area contributed by atoms with Gasteiger partial charge in [-0.25, -0.2) is 0 Å². The zero-order valence-electron chi connectivity index (χ0n) is 12.8. The van der Waals surface area contributed by atoms with Crippen molar-refractivity contribution in [3.05, 3.63) is 59.2 Å². The summed E-state index contributed by atoms with van der Waals surface area (Å²) in [6.07, 6.45) is 1.78. The van der Waals surface area contributed by atoms with Gasteiger partial charge in [0.15, 0.2) is 0 Å². The van der Waals surface area contributed by atoms with Crippen LogP contribution in [0, 0.1) is 11.6 Å². The molecule has 1 amide bonds. The Morgan fingerprint density at radius 1 is 1.12 bits per heavy atom. The van der Waals surface area contributed by atoms with E-state index < -0.39 is 45.8 Å². The summed E-state index contributed by atoms with van der Waals surface area (Å²) in [7, 11) is -3.74. The Labute approximate surface area is 144 Å². The van der Waals surface area contributed by atoms with E-state index in [0.717, 1.165) is 30.5 Å². The minimum absolute atomic E-state index is 0.0757. The minimum atomic E-state index is -3.74. The van der Waals surface area contributed by atoms with Crippen molar-refractivity contribution in [1.29, 1.82) is 0 Å². The molecule has 0 fully saturated rings. The Balaban J connectivity index is 2.36. The Hall–Kier alpha value is -1.72. The monoisotopic (exact) mass is 414 g/mol. The standard InChI is InChI=1S/C16H15AsF2NO3S/c1-2-3-10-4-6-11(7-5-10)24(22,23)17-12-8-9-13(18)14(15(12)19)16(20)21/h4-9H,2-3H2,1H3,(H2,20,21). The van der Waals surface area contributed by atoms with Gasteiger partial charge in [-0.3, -0.25) is 0 Å². The summed E-state index contributed by atoms with van der Waals surface area (Å²) in [5.74, 6) is -3.57. The van der Waals surface area contributed by atoms with E-state index in [-0.39, 0.29) is 9.25 Å². The van der Waals surface area contributed by atoms with E-state index in [2.05, 4.69) is 0 Å². The number of carbonyl (C=O) groups excluding carboxylic acids is 1. The van der Waals surface area contributed by atoms with Gasteiger partial charge in [0.05, 0.1) is 0 Å². The first-order chi connectivity index (χ1) is 11.3. The second-order valence-corrected chi connectivity index (χ2v) is 11.9. The van der Waals surface area contributed by atoms with Crippen LogP contribution in [-0.2, 0) is 14.5 Å². The Morgan fingerprint density at radius 2 is 1.75 bits per heavy atom. The van der Waals surface area contributed by atoms with E-state index in [4.69, 9.17) is 5.73 Å². The zero-order chi connectivity index (χ0) is 17.9. The van der Waals surface area contributed by atoms with E-state index in [1.807, 2.05) is 6.92 Å². The SMILES string of the molecule is CCCc1ccc(S(=O)(=O)[As]c2ccc(F)c(C(N)=O)c2F)cc1. The molecule has 0 aliphatic heterocycles. The molecule has 0 saturated heterocycles. The average Bonchev–Trinajstić information content (AvgIpc) is 2.51. The summed E-state index contributed by atoms with van der Waals surface area (Å²) in [5, 5.41) is 0. The van der Waals surface area contributed by atoms with Crippen LogP contribution in [0.5, 0.6) is 0 Å². The maximum absolute atomic E-state index is 14.2. The molecule has 4 nitrogen and oxygen atoms in total. The van der Waals surface area contributed by atoms with Crippen LogP contribution in [0.3, 0.4) is 0 Å². The van der Waals surface area contributed by atoms with Crippen LogP contribution in [0.1, 0.15) is 29.3 Å². The van der Waals surface area contributed by atoms with Crippen molar-refractivity contribution in [2.45, 2.75) is 24.7 Å². The summed E-state index contributed by atoms with van der Waals surface area (Å²) in [6, 6.07) is 8.29. The molecule has 2 aromatic rings. The van der Waals surface area contributed by atoms with Crippen LogP contribution in [-0.4, -0.2) is 28.9 Å². The van der Waals surface area contributed by atoms with Crippen LogP contribution in [0.25, 0.3) is 0 Å². The van der Waals surface area contributed by atoms with Gasteiger partial charge in [-0.2, -0.15) is 0 Å². The van der Waals surface area contributed by atoms with Gasteiger partial charge < -0.3 is 0 Å². The van der Waals surface area contributed by atoms with Gasteiger partial charge in [0.2, 0.25) is 0 Å². The third-order valence-electron chi connectivity index (χ3n) is 3.30. The van der Waals surface area contributed by atoms with Crippen molar-refractivity contribution in [1.82, 2.24) is 0 Å². The predicted molar refractivity (Wildman–Crippen MR) is 87.9 cm³/mol. The molecule has 0 heterocycles. The summed E-state index contributed by atoms with van der Waals surface area (Å²) >= 11 is -1.70. The average molecular weight is 414 g/mol. The molecular weight excluding hydrogens is 399 g/mol. The number of aryl methyl sites for hydroxylation is 1. The van der Waals surface area contributed by atoms with Crippen LogP contribution >= 0.6 is 0 Å². The van der Waals surface area contributed by atoms with Gasteiger partial charge >= 0.3 is 145 Å². The number of primary amides is 1. The van der Waals surface area contributed by atoms with E-state index in [1.165, 1.54) is 12.1 Å². The molecule has 0 atom stereocenters. The van der Waals surface area contributed by atoms with E-state index in [9.17, 15) is 22.0 Å². The predicted octanol–water partition coefficient (Wildman–Crippen LogP) is 1.73. The van der Waals surface area contributed by atoms with E-state index in [1.54, 1.807) is 12.1 Å². The maximum atomic E-state index is 14.2. The van der Waals surface area contributed by atoms with Crippen LogP contribution < -0.4 is 10.1 Å². The molecule has 0 aliphatic rings. The zero-order valence-corrected chi connectivity index (χ0v) is 15.5. The van der Waals surface area contributed by atoms with Crippen LogP contribution in [0.2, 0.25) is 0 Å². The number of hydrogen-bond donors (Lipinski definition) is 1. The summed E-state index contributed by atoms with van der Waals surface area (Å²) in [6.45, 7) is 2.02. The molecule has 2 N–H and O–H groups in total. The molecule has 8 heteroatoms. The Kier molecular flexibility index (Phi) is 5.78. The molecule has 0 aliphatic carbocycles. The van der Waals surface area contributed by atoms with Gasteiger partial charge in [0.25, 0.3) is 0 Å². The topological polar surface area (TPSA) is 77.2 Å². The number of benzene rings is 2. The second-order valence-electron chi connectivity index (χ2n) is 5.08. The van der Waals surface area contributed by atoms with Crippen molar-refractivity contribution in [3.8, 4) is 0 Å². The third kappa shape index (κ3) is 4.02. The summed E-state index contributed by atoms with van der Waals surface area (Å²) in [4.78, 5) is 11.2. The first-order valence-electron chi connectivity index (χ1n) is 7.11.